The Morgan fingerprint density at radius 3 is 2.13 bits per heavy atom. The molecule has 0 aromatic heterocycles. The van der Waals surface area contributed by atoms with Crippen LogP contribution >= 0.6 is 0 Å². The summed E-state index contributed by atoms with van der Waals surface area (Å²) in [5.41, 5.74) is 7.90. The smallest absolute Gasteiger partial charge is 0.328 e. The molecule has 5 N–H and O–H groups in total. The number of hydrogen-bond donors (Lipinski definition) is 4. The number of fused-ring (bicyclic) bond motifs is 1. The maximum absolute atomic E-state index is 14.6. The van der Waals surface area contributed by atoms with E-state index >= 15 is 0 Å². The Labute approximate surface area is 313 Å². The largest absolute Gasteiger partial charge is 0.508 e. The summed E-state index contributed by atoms with van der Waals surface area (Å²) in [5, 5.41) is 17.2. The zero-order chi connectivity index (χ0) is 38.8. The highest BCUT2D eigenvalue weighted by molar-refractivity contribution is 5.96. The van der Waals surface area contributed by atoms with E-state index in [9.17, 15) is 33.5 Å². The Kier molecular flexibility index (Phi) is 13.3. The molecule has 54 heavy (non-hydrogen) atoms. The normalized spacial score (nSPS) is 16.0. The highest BCUT2D eigenvalue weighted by Gasteiger charge is 2.44. The summed E-state index contributed by atoms with van der Waals surface area (Å²) in [4.78, 5) is 71.2. The second kappa shape index (κ2) is 18.3. The molecule has 0 spiro atoms. The number of piperazine rings is 1. The number of aromatic hydroxyl groups is 1. The molecule has 0 radical (unpaired) electrons. The Bertz CT molecular complexity index is 1960. The molecule has 1 fully saturated rings. The molecule has 5 rings (SSSR count). The summed E-state index contributed by atoms with van der Waals surface area (Å²) in [7, 11) is 1.27. The summed E-state index contributed by atoms with van der Waals surface area (Å²) in [6.45, 7) is 1.58. The average Bonchev–Trinajstić information content (AvgIpc) is 3.16. The molecule has 4 amide bonds. The van der Waals surface area contributed by atoms with E-state index < -0.39 is 59.6 Å². The number of carbonyl (C=O) groups excluding carboxylic acids is 5. The first-order valence-electron chi connectivity index (χ1n) is 17.9. The first-order valence-corrected chi connectivity index (χ1v) is 17.9. The molecule has 0 aliphatic carbocycles. The average molecular weight is 740 g/mol. The van der Waals surface area contributed by atoms with Gasteiger partial charge in [-0.15, -0.1) is 0 Å². The molecule has 1 aliphatic heterocycles. The van der Waals surface area contributed by atoms with Crippen molar-refractivity contribution in [2.75, 3.05) is 26.7 Å². The Morgan fingerprint density at radius 1 is 0.852 bits per heavy atom. The minimum Gasteiger partial charge on any atom is -0.508 e. The minimum absolute atomic E-state index is 0.0175. The first-order chi connectivity index (χ1) is 26.0. The lowest BCUT2D eigenvalue weighted by molar-refractivity contribution is -0.162. The number of hydrogen-bond acceptors (Lipinski definition) is 8. The number of benzene rings is 4. The van der Waals surface area contributed by atoms with Crippen LogP contribution in [-0.2, 0) is 48.0 Å². The number of ether oxygens (including phenoxy) is 1. The van der Waals surface area contributed by atoms with Crippen molar-refractivity contribution in [3.63, 3.8) is 0 Å². The summed E-state index contributed by atoms with van der Waals surface area (Å²) < 4.78 is 19.0. The van der Waals surface area contributed by atoms with E-state index in [0.29, 0.717) is 17.5 Å². The molecular formula is C41H46FN5O7. The minimum atomic E-state index is -1.22. The summed E-state index contributed by atoms with van der Waals surface area (Å²) >= 11 is 0. The second-order valence-corrected chi connectivity index (χ2v) is 13.4. The highest BCUT2D eigenvalue weighted by Crippen LogP contribution is 2.24. The van der Waals surface area contributed by atoms with Gasteiger partial charge in [0.15, 0.2) is 0 Å². The zero-order valence-electron chi connectivity index (χ0n) is 30.4. The third-order valence-electron chi connectivity index (χ3n) is 9.62. The monoisotopic (exact) mass is 739 g/mol. The number of nitrogens with one attached hydrogen (secondary N) is 2. The summed E-state index contributed by atoms with van der Waals surface area (Å²) in [6, 6.07) is 21.1. The molecule has 1 heterocycles. The van der Waals surface area contributed by atoms with Crippen LogP contribution in [0.4, 0.5) is 4.39 Å². The predicted molar refractivity (Wildman–Crippen MR) is 200 cm³/mol. The third-order valence-corrected chi connectivity index (χ3v) is 9.62. The van der Waals surface area contributed by atoms with E-state index in [0.717, 1.165) is 16.3 Å². The van der Waals surface area contributed by atoms with E-state index in [1.807, 2.05) is 42.5 Å². The topological polar surface area (TPSA) is 171 Å². The van der Waals surface area contributed by atoms with Crippen molar-refractivity contribution in [2.45, 2.75) is 63.2 Å². The van der Waals surface area contributed by atoms with Crippen LogP contribution in [0.1, 0.15) is 36.5 Å². The van der Waals surface area contributed by atoms with E-state index in [2.05, 4.69) is 10.6 Å². The molecule has 12 nitrogen and oxygen atoms in total. The highest BCUT2D eigenvalue weighted by atomic mass is 19.1. The SMILES string of the molecule is COC(=O)C(Cc1ccc2ccccc2c1)N1CCN(C(=O)C(Cc2ccc(F)cc2)NC(=O)C(Cc2ccc(O)cc2)NC(C)=O)C(CCCN)C1=O. The Hall–Kier alpha value is -5.82. The van der Waals surface area contributed by atoms with E-state index in [1.54, 1.807) is 12.1 Å². The van der Waals surface area contributed by atoms with Crippen LogP contribution in [0.15, 0.2) is 91.0 Å². The van der Waals surface area contributed by atoms with Crippen molar-refractivity contribution in [2.24, 2.45) is 5.73 Å². The van der Waals surface area contributed by atoms with Crippen LogP contribution in [-0.4, -0.2) is 95.4 Å². The third kappa shape index (κ3) is 9.98. The maximum atomic E-state index is 14.6. The number of carbonyl (C=O) groups is 5. The first kappa shape index (κ1) is 39.4. The van der Waals surface area contributed by atoms with Crippen LogP contribution in [0.2, 0.25) is 0 Å². The number of nitrogens with zero attached hydrogens (tertiary/aromatic N) is 2. The van der Waals surface area contributed by atoms with Gasteiger partial charge in [0.2, 0.25) is 23.6 Å². The van der Waals surface area contributed by atoms with Gasteiger partial charge < -0.3 is 36.0 Å². The Morgan fingerprint density at radius 2 is 1.48 bits per heavy atom. The van der Waals surface area contributed by atoms with Crippen LogP contribution in [0.5, 0.6) is 5.75 Å². The number of esters is 1. The van der Waals surface area contributed by atoms with Crippen molar-refractivity contribution < 1.29 is 38.2 Å². The number of methoxy groups -OCH3 is 1. The Balaban J connectivity index is 1.42. The van der Waals surface area contributed by atoms with Crippen LogP contribution in [0.3, 0.4) is 0 Å². The van der Waals surface area contributed by atoms with Crippen LogP contribution in [0, 0.1) is 5.82 Å². The van der Waals surface area contributed by atoms with E-state index in [4.69, 9.17) is 10.5 Å². The maximum Gasteiger partial charge on any atom is 0.328 e. The van der Waals surface area contributed by atoms with Gasteiger partial charge in [-0.3, -0.25) is 19.2 Å². The summed E-state index contributed by atoms with van der Waals surface area (Å²) in [5.74, 6) is -3.15. The molecular weight excluding hydrogens is 693 g/mol. The van der Waals surface area contributed by atoms with Gasteiger partial charge in [0, 0.05) is 39.3 Å². The quantitative estimate of drug-likeness (QED) is 0.135. The number of amides is 4. The molecule has 1 aliphatic rings. The van der Waals surface area contributed by atoms with E-state index in [-0.39, 0.29) is 51.1 Å². The van der Waals surface area contributed by atoms with Gasteiger partial charge >= 0.3 is 5.97 Å². The lowest BCUT2D eigenvalue weighted by Gasteiger charge is -2.44. The fourth-order valence-electron chi connectivity index (χ4n) is 6.87. The van der Waals surface area contributed by atoms with Crippen molar-refractivity contribution in [3.8, 4) is 5.75 Å². The van der Waals surface area contributed by atoms with Crippen molar-refractivity contribution >= 4 is 40.4 Å². The zero-order valence-corrected chi connectivity index (χ0v) is 30.4. The molecule has 284 valence electrons. The molecule has 4 aromatic carbocycles. The van der Waals surface area contributed by atoms with Gasteiger partial charge in [-0.25, -0.2) is 9.18 Å². The van der Waals surface area contributed by atoms with Gasteiger partial charge in [0.1, 0.15) is 35.7 Å². The number of phenolic OH excluding ortho intramolecular Hbond substituents is 1. The predicted octanol–water partition coefficient (Wildman–Crippen LogP) is 3.02. The number of halogens is 1. The lowest BCUT2D eigenvalue weighted by Crippen LogP contribution is -2.65. The van der Waals surface area contributed by atoms with Gasteiger partial charge in [0.05, 0.1) is 7.11 Å². The van der Waals surface area contributed by atoms with Gasteiger partial charge in [-0.2, -0.15) is 0 Å². The van der Waals surface area contributed by atoms with Crippen molar-refractivity contribution in [1.82, 2.24) is 20.4 Å². The number of nitrogens with two attached hydrogens (primary N) is 1. The molecule has 13 heteroatoms. The molecule has 4 unspecified atom stereocenters. The summed E-state index contributed by atoms with van der Waals surface area (Å²) in [6.07, 6.45) is 0.810. The second-order valence-electron chi connectivity index (χ2n) is 13.4. The lowest BCUT2D eigenvalue weighted by atomic mass is 9.96. The molecule has 4 atom stereocenters. The fourth-order valence-corrected chi connectivity index (χ4v) is 6.87. The molecule has 0 bridgehead atoms. The molecule has 1 saturated heterocycles. The van der Waals surface area contributed by atoms with Crippen molar-refractivity contribution in [3.05, 3.63) is 114 Å². The van der Waals surface area contributed by atoms with Gasteiger partial charge in [-0.05, 0) is 71.1 Å². The van der Waals surface area contributed by atoms with Gasteiger partial charge in [-0.1, -0.05) is 66.7 Å². The molecule has 4 aromatic rings. The molecule has 0 saturated carbocycles. The standard InChI is InChI=1S/C41H46FN5O7/c1-26(48)44-34(23-28-12-17-33(49)18-13-28)38(50)45-35(24-27-10-15-32(42)16-11-27)39(51)46-20-21-47(40(52)36(46)8-5-19-43)37(41(53)54-2)25-29-9-14-30-6-3-4-7-31(30)22-29/h3-4,6-7,9-18,22,34-37,49H,5,8,19-21,23-25,43H2,1-2H3,(H,44,48)(H,45,50). The van der Waals surface area contributed by atoms with Crippen LogP contribution < -0.4 is 16.4 Å². The van der Waals surface area contributed by atoms with Crippen molar-refractivity contribution in [1.29, 1.82) is 0 Å². The fraction of sp³-hybridized carbons (Fsp3) is 0.341. The number of phenols is 1. The number of rotatable bonds is 15. The van der Waals surface area contributed by atoms with Gasteiger partial charge in [0.25, 0.3) is 0 Å². The van der Waals surface area contributed by atoms with Crippen LogP contribution in [0.25, 0.3) is 10.8 Å². The van der Waals surface area contributed by atoms with E-state index in [1.165, 1.54) is 60.2 Å².